The van der Waals surface area contributed by atoms with E-state index in [-0.39, 0.29) is 5.56 Å². The Morgan fingerprint density at radius 2 is 2.45 bits per heavy atom. The number of hydrogen-bond acceptors (Lipinski definition) is 3. The van der Waals surface area contributed by atoms with E-state index in [0.29, 0.717) is 11.3 Å². The average molecular weight is 150 g/mol. The molecule has 0 amide bonds. The second kappa shape index (κ2) is 1.85. The topological polar surface area (TPSA) is 76.2 Å². The van der Waals surface area contributed by atoms with Crippen LogP contribution in [0.25, 0.3) is 5.65 Å². The lowest BCUT2D eigenvalue weighted by Gasteiger charge is -1.92. The van der Waals surface area contributed by atoms with Crippen molar-refractivity contribution in [2.24, 2.45) is 0 Å². The van der Waals surface area contributed by atoms with Crippen LogP contribution in [-0.2, 0) is 0 Å². The van der Waals surface area contributed by atoms with Gasteiger partial charge in [0.25, 0.3) is 5.56 Å². The largest absolute Gasteiger partial charge is 0.396 e. The molecule has 0 aliphatic heterocycles. The van der Waals surface area contributed by atoms with Crippen LogP contribution in [0, 0.1) is 0 Å². The van der Waals surface area contributed by atoms with Gasteiger partial charge in [0.1, 0.15) is 0 Å². The van der Waals surface area contributed by atoms with Gasteiger partial charge in [0.05, 0.1) is 18.1 Å². The Labute approximate surface area is 61.5 Å². The van der Waals surface area contributed by atoms with Crippen molar-refractivity contribution in [3.63, 3.8) is 0 Å². The van der Waals surface area contributed by atoms with Gasteiger partial charge in [0.2, 0.25) is 0 Å². The first-order chi connectivity index (χ1) is 5.25. The third kappa shape index (κ3) is 0.861. The summed E-state index contributed by atoms with van der Waals surface area (Å²) in [6.07, 6.45) is 3.10. The minimum atomic E-state index is -0.178. The maximum absolute atomic E-state index is 10.7. The standard InChI is InChI=1S/C6H6N4O/c7-4-2-8-5-1-6(11)9-10(5)3-4/h1-3H,7H2,(H,9,11). The number of nitrogen functional groups attached to an aromatic ring is 1. The van der Waals surface area contributed by atoms with Crippen molar-refractivity contribution >= 4 is 11.3 Å². The molecule has 0 aromatic carbocycles. The van der Waals surface area contributed by atoms with Crippen LogP contribution < -0.4 is 11.3 Å². The Bertz CT molecular complexity index is 441. The maximum Gasteiger partial charge on any atom is 0.266 e. The molecule has 0 spiro atoms. The van der Waals surface area contributed by atoms with Crippen molar-refractivity contribution in [2.45, 2.75) is 0 Å². The van der Waals surface area contributed by atoms with Gasteiger partial charge in [0, 0.05) is 6.07 Å². The van der Waals surface area contributed by atoms with E-state index in [0.717, 1.165) is 0 Å². The molecule has 2 rings (SSSR count). The number of H-pyrrole nitrogens is 1. The van der Waals surface area contributed by atoms with E-state index in [9.17, 15) is 4.79 Å². The summed E-state index contributed by atoms with van der Waals surface area (Å²) in [5.41, 5.74) is 6.34. The fourth-order valence-electron chi connectivity index (χ4n) is 0.916. The van der Waals surface area contributed by atoms with Gasteiger partial charge >= 0.3 is 0 Å². The smallest absolute Gasteiger partial charge is 0.266 e. The number of aromatic nitrogens is 3. The summed E-state index contributed by atoms with van der Waals surface area (Å²) in [7, 11) is 0. The lowest BCUT2D eigenvalue weighted by atomic mass is 10.5. The monoisotopic (exact) mass is 150 g/mol. The van der Waals surface area contributed by atoms with Crippen LogP contribution in [-0.4, -0.2) is 14.6 Å². The summed E-state index contributed by atoms with van der Waals surface area (Å²) in [5.74, 6) is 0. The highest BCUT2D eigenvalue weighted by Gasteiger charge is 1.95. The summed E-state index contributed by atoms with van der Waals surface area (Å²) < 4.78 is 1.48. The summed E-state index contributed by atoms with van der Waals surface area (Å²) in [4.78, 5) is 14.7. The zero-order valence-electron chi connectivity index (χ0n) is 5.61. The molecule has 56 valence electrons. The Hall–Kier alpha value is -1.78. The first-order valence-electron chi connectivity index (χ1n) is 3.08. The Morgan fingerprint density at radius 3 is 3.27 bits per heavy atom. The number of nitrogens with one attached hydrogen (secondary N) is 1. The van der Waals surface area contributed by atoms with Gasteiger partial charge in [0.15, 0.2) is 5.65 Å². The predicted molar refractivity (Wildman–Crippen MR) is 40.2 cm³/mol. The van der Waals surface area contributed by atoms with Crippen molar-refractivity contribution in [3.8, 4) is 0 Å². The predicted octanol–water partition coefficient (Wildman–Crippen LogP) is -0.395. The van der Waals surface area contributed by atoms with Crippen LogP contribution in [0.3, 0.4) is 0 Å². The molecule has 2 aromatic heterocycles. The molecule has 11 heavy (non-hydrogen) atoms. The van der Waals surface area contributed by atoms with Crippen molar-refractivity contribution < 1.29 is 0 Å². The molecule has 0 radical (unpaired) electrons. The zero-order chi connectivity index (χ0) is 7.84. The lowest BCUT2D eigenvalue weighted by Crippen LogP contribution is -1.99. The fraction of sp³-hybridized carbons (Fsp3) is 0. The molecule has 0 saturated carbocycles. The minimum absolute atomic E-state index is 0.178. The number of rotatable bonds is 0. The number of nitrogens with zero attached hydrogens (tertiary/aromatic N) is 2. The highest BCUT2D eigenvalue weighted by Crippen LogP contribution is 1.98. The summed E-state index contributed by atoms with van der Waals surface area (Å²) in [6, 6.07) is 1.40. The zero-order valence-corrected chi connectivity index (χ0v) is 5.61. The van der Waals surface area contributed by atoms with Gasteiger partial charge in [-0.2, -0.15) is 0 Å². The molecule has 0 saturated heterocycles. The van der Waals surface area contributed by atoms with Gasteiger partial charge in [-0.3, -0.25) is 9.89 Å². The summed E-state index contributed by atoms with van der Waals surface area (Å²) >= 11 is 0. The third-order valence-corrected chi connectivity index (χ3v) is 1.36. The molecule has 0 bridgehead atoms. The van der Waals surface area contributed by atoms with Gasteiger partial charge in [-0.25, -0.2) is 9.50 Å². The highest BCUT2D eigenvalue weighted by molar-refractivity contribution is 5.42. The van der Waals surface area contributed by atoms with E-state index in [1.807, 2.05) is 0 Å². The Kier molecular flexibility index (Phi) is 1.00. The fourth-order valence-corrected chi connectivity index (χ4v) is 0.916. The van der Waals surface area contributed by atoms with Crippen LogP contribution in [0.15, 0.2) is 23.3 Å². The van der Waals surface area contributed by atoms with E-state index in [1.54, 1.807) is 6.20 Å². The number of anilines is 1. The summed E-state index contributed by atoms with van der Waals surface area (Å²) in [5, 5.41) is 2.52. The SMILES string of the molecule is Nc1cnc2cc(=O)[nH]n2c1. The number of nitrogens with two attached hydrogens (primary N) is 1. The number of hydrogen-bond donors (Lipinski definition) is 2. The molecule has 0 aliphatic rings. The molecule has 2 heterocycles. The third-order valence-electron chi connectivity index (χ3n) is 1.36. The van der Waals surface area contributed by atoms with Crippen LogP contribution >= 0.6 is 0 Å². The normalized spacial score (nSPS) is 10.5. The first kappa shape index (κ1) is 5.96. The van der Waals surface area contributed by atoms with E-state index in [4.69, 9.17) is 5.73 Å². The van der Waals surface area contributed by atoms with Gasteiger partial charge in [-0.1, -0.05) is 0 Å². The molecule has 5 nitrogen and oxygen atoms in total. The second-order valence-corrected chi connectivity index (χ2v) is 2.24. The van der Waals surface area contributed by atoms with Gasteiger partial charge in [-0.05, 0) is 0 Å². The molecule has 5 heteroatoms. The highest BCUT2D eigenvalue weighted by atomic mass is 16.1. The molecule has 0 aliphatic carbocycles. The van der Waals surface area contributed by atoms with Crippen LogP contribution in [0.1, 0.15) is 0 Å². The van der Waals surface area contributed by atoms with Gasteiger partial charge in [-0.15, -0.1) is 0 Å². The van der Waals surface area contributed by atoms with E-state index >= 15 is 0 Å². The molecule has 0 unspecified atom stereocenters. The Balaban J connectivity index is 2.92. The van der Waals surface area contributed by atoms with Crippen molar-refractivity contribution in [3.05, 3.63) is 28.8 Å². The quantitative estimate of drug-likeness (QED) is 0.536. The van der Waals surface area contributed by atoms with Crippen molar-refractivity contribution in [1.82, 2.24) is 14.6 Å². The number of aromatic amines is 1. The van der Waals surface area contributed by atoms with E-state index in [1.165, 1.54) is 16.8 Å². The summed E-state index contributed by atoms with van der Waals surface area (Å²) in [6.45, 7) is 0. The first-order valence-corrected chi connectivity index (χ1v) is 3.08. The maximum atomic E-state index is 10.7. The van der Waals surface area contributed by atoms with Crippen molar-refractivity contribution in [1.29, 1.82) is 0 Å². The van der Waals surface area contributed by atoms with E-state index < -0.39 is 0 Å². The number of fused-ring (bicyclic) bond motifs is 1. The van der Waals surface area contributed by atoms with Crippen LogP contribution in [0.2, 0.25) is 0 Å². The molecular formula is C6H6N4O. The molecule has 0 fully saturated rings. The molecular weight excluding hydrogens is 144 g/mol. The molecule has 2 aromatic rings. The average Bonchev–Trinajstić information content (AvgIpc) is 2.27. The minimum Gasteiger partial charge on any atom is -0.396 e. The molecule has 0 atom stereocenters. The second-order valence-electron chi connectivity index (χ2n) is 2.24. The van der Waals surface area contributed by atoms with Crippen LogP contribution in [0.4, 0.5) is 5.69 Å². The van der Waals surface area contributed by atoms with Gasteiger partial charge < -0.3 is 5.73 Å². The van der Waals surface area contributed by atoms with E-state index in [2.05, 4.69) is 10.1 Å². The van der Waals surface area contributed by atoms with Crippen LogP contribution in [0.5, 0.6) is 0 Å². The van der Waals surface area contributed by atoms with Crippen molar-refractivity contribution in [2.75, 3.05) is 5.73 Å². The lowest BCUT2D eigenvalue weighted by molar-refractivity contribution is 0.922. The Morgan fingerprint density at radius 1 is 1.64 bits per heavy atom. The molecule has 3 N–H and O–H groups in total.